The number of nitrogens with one attached hydrogen (secondary N) is 1. The molecule has 1 N–H and O–H groups in total. The summed E-state index contributed by atoms with van der Waals surface area (Å²) in [6, 6.07) is 7.11. The number of urea groups is 1. The summed E-state index contributed by atoms with van der Waals surface area (Å²) >= 11 is 0. The van der Waals surface area contributed by atoms with Gasteiger partial charge in [-0.05, 0) is 49.9 Å². The summed E-state index contributed by atoms with van der Waals surface area (Å²) < 4.78 is 15.9. The predicted molar refractivity (Wildman–Crippen MR) is 91.7 cm³/mol. The number of carbonyl (C=O) groups is 2. The number of hydrogen-bond donors (Lipinski definition) is 1. The van der Waals surface area contributed by atoms with E-state index < -0.39 is 12.1 Å². The van der Waals surface area contributed by atoms with Crippen LogP contribution < -0.4 is 10.1 Å². The SMILES string of the molecule is COC(=O)[C@H]1CN(C(=O)Nc2ccc(OC3CCCC3)cc2)CCO1. The number of methoxy groups -OCH3 is 1. The molecule has 1 aromatic carbocycles. The minimum Gasteiger partial charge on any atom is -0.490 e. The molecule has 0 unspecified atom stereocenters. The van der Waals surface area contributed by atoms with E-state index in [2.05, 4.69) is 10.1 Å². The molecule has 1 saturated heterocycles. The van der Waals surface area contributed by atoms with Crippen molar-refractivity contribution in [3.05, 3.63) is 24.3 Å². The van der Waals surface area contributed by atoms with Gasteiger partial charge in [0.15, 0.2) is 6.10 Å². The van der Waals surface area contributed by atoms with Crippen LogP contribution in [0, 0.1) is 0 Å². The van der Waals surface area contributed by atoms with Gasteiger partial charge < -0.3 is 24.4 Å². The fraction of sp³-hybridized carbons (Fsp3) is 0.556. The summed E-state index contributed by atoms with van der Waals surface area (Å²) in [5.74, 6) is 0.355. The number of esters is 1. The van der Waals surface area contributed by atoms with Gasteiger partial charge in [0, 0.05) is 12.2 Å². The second kappa shape index (κ2) is 8.20. The average Bonchev–Trinajstić information content (AvgIpc) is 3.16. The number of morpholine rings is 1. The van der Waals surface area contributed by atoms with Crippen LogP contribution in [0.4, 0.5) is 10.5 Å². The van der Waals surface area contributed by atoms with Gasteiger partial charge in [0.1, 0.15) is 5.75 Å². The van der Waals surface area contributed by atoms with Crippen LogP contribution in [0.3, 0.4) is 0 Å². The van der Waals surface area contributed by atoms with Gasteiger partial charge in [0.05, 0.1) is 26.4 Å². The van der Waals surface area contributed by atoms with Gasteiger partial charge in [0.2, 0.25) is 0 Å². The molecule has 25 heavy (non-hydrogen) atoms. The average molecular weight is 348 g/mol. The standard InChI is InChI=1S/C18H24N2O5/c1-23-17(21)16-12-20(10-11-24-16)18(22)19-13-6-8-15(9-7-13)25-14-4-2-3-5-14/h6-9,14,16H,2-5,10-12H2,1H3,(H,19,22)/t16-/m1/s1. The topological polar surface area (TPSA) is 77.1 Å². The smallest absolute Gasteiger partial charge is 0.336 e. The highest BCUT2D eigenvalue weighted by Gasteiger charge is 2.30. The molecule has 1 aromatic rings. The molecule has 0 aromatic heterocycles. The summed E-state index contributed by atoms with van der Waals surface area (Å²) in [6.07, 6.45) is 4.25. The summed E-state index contributed by atoms with van der Waals surface area (Å²) in [7, 11) is 1.31. The maximum Gasteiger partial charge on any atom is 0.336 e. The van der Waals surface area contributed by atoms with Crippen molar-refractivity contribution in [3.63, 3.8) is 0 Å². The number of rotatable bonds is 4. The van der Waals surface area contributed by atoms with Gasteiger partial charge in [0.25, 0.3) is 0 Å². The molecule has 0 spiro atoms. The highest BCUT2D eigenvalue weighted by molar-refractivity contribution is 5.90. The van der Waals surface area contributed by atoms with Crippen LogP contribution in [0.5, 0.6) is 5.75 Å². The Kier molecular flexibility index (Phi) is 5.75. The molecular formula is C18H24N2O5. The fourth-order valence-corrected chi connectivity index (χ4v) is 3.13. The largest absolute Gasteiger partial charge is 0.490 e. The molecule has 0 bridgehead atoms. The zero-order chi connectivity index (χ0) is 17.6. The molecule has 2 fully saturated rings. The Morgan fingerprint density at radius 3 is 2.60 bits per heavy atom. The van der Waals surface area contributed by atoms with Crippen molar-refractivity contribution >= 4 is 17.7 Å². The van der Waals surface area contributed by atoms with Crippen molar-refractivity contribution < 1.29 is 23.8 Å². The molecule has 1 saturated carbocycles. The van der Waals surface area contributed by atoms with Gasteiger partial charge in [-0.2, -0.15) is 0 Å². The zero-order valence-electron chi connectivity index (χ0n) is 14.4. The minimum absolute atomic E-state index is 0.182. The van der Waals surface area contributed by atoms with Crippen LogP contribution in [0.1, 0.15) is 25.7 Å². The monoisotopic (exact) mass is 348 g/mol. The van der Waals surface area contributed by atoms with Crippen molar-refractivity contribution in [2.24, 2.45) is 0 Å². The van der Waals surface area contributed by atoms with Gasteiger partial charge in [-0.1, -0.05) is 0 Å². The van der Waals surface area contributed by atoms with Crippen LogP contribution in [0.15, 0.2) is 24.3 Å². The molecule has 2 aliphatic rings. The predicted octanol–water partition coefficient (Wildman–Crippen LogP) is 2.41. The van der Waals surface area contributed by atoms with Crippen LogP contribution in [-0.2, 0) is 14.3 Å². The Labute approximate surface area is 147 Å². The Hall–Kier alpha value is -2.28. The quantitative estimate of drug-likeness (QED) is 0.846. The Balaban J connectivity index is 1.52. The first-order valence-corrected chi connectivity index (χ1v) is 8.68. The lowest BCUT2D eigenvalue weighted by Gasteiger charge is -2.31. The van der Waals surface area contributed by atoms with E-state index in [4.69, 9.17) is 9.47 Å². The van der Waals surface area contributed by atoms with Gasteiger partial charge in [-0.15, -0.1) is 0 Å². The number of carbonyl (C=O) groups excluding carboxylic acids is 2. The molecule has 1 aliphatic carbocycles. The molecule has 1 aliphatic heterocycles. The van der Waals surface area contributed by atoms with Gasteiger partial charge in [-0.3, -0.25) is 0 Å². The minimum atomic E-state index is -0.730. The molecule has 1 heterocycles. The van der Waals surface area contributed by atoms with E-state index in [1.165, 1.54) is 20.0 Å². The lowest BCUT2D eigenvalue weighted by Crippen LogP contribution is -2.50. The molecule has 7 nitrogen and oxygen atoms in total. The molecule has 2 amide bonds. The van der Waals surface area contributed by atoms with Crippen LogP contribution in [0.25, 0.3) is 0 Å². The molecule has 0 radical (unpaired) electrons. The van der Waals surface area contributed by atoms with E-state index in [0.717, 1.165) is 18.6 Å². The van der Waals surface area contributed by atoms with Gasteiger partial charge >= 0.3 is 12.0 Å². The maximum absolute atomic E-state index is 12.4. The van der Waals surface area contributed by atoms with E-state index in [-0.39, 0.29) is 12.6 Å². The van der Waals surface area contributed by atoms with Crippen LogP contribution >= 0.6 is 0 Å². The lowest BCUT2D eigenvalue weighted by atomic mass is 10.2. The van der Waals surface area contributed by atoms with E-state index >= 15 is 0 Å². The van der Waals surface area contributed by atoms with E-state index in [0.29, 0.717) is 24.9 Å². The first-order valence-electron chi connectivity index (χ1n) is 8.68. The number of ether oxygens (including phenoxy) is 3. The summed E-state index contributed by atoms with van der Waals surface area (Å²) in [5.41, 5.74) is 0.685. The van der Waals surface area contributed by atoms with Crippen molar-refractivity contribution in [3.8, 4) is 5.75 Å². The summed E-state index contributed by atoms with van der Waals surface area (Å²) in [5, 5.41) is 2.83. The van der Waals surface area contributed by atoms with Crippen LogP contribution in [-0.4, -0.2) is 55.9 Å². The highest BCUT2D eigenvalue weighted by Crippen LogP contribution is 2.25. The van der Waals surface area contributed by atoms with Crippen molar-refractivity contribution in [1.29, 1.82) is 0 Å². The van der Waals surface area contributed by atoms with Crippen molar-refractivity contribution in [2.75, 3.05) is 32.1 Å². The van der Waals surface area contributed by atoms with Gasteiger partial charge in [-0.25, -0.2) is 9.59 Å². The molecule has 7 heteroatoms. The number of nitrogens with zero attached hydrogens (tertiary/aromatic N) is 1. The number of hydrogen-bond acceptors (Lipinski definition) is 5. The summed E-state index contributed by atoms with van der Waals surface area (Å²) in [4.78, 5) is 25.5. The Morgan fingerprint density at radius 2 is 1.92 bits per heavy atom. The maximum atomic E-state index is 12.4. The van der Waals surface area contributed by atoms with Crippen molar-refractivity contribution in [2.45, 2.75) is 37.9 Å². The third-order valence-electron chi connectivity index (χ3n) is 4.53. The Morgan fingerprint density at radius 1 is 1.20 bits per heavy atom. The highest BCUT2D eigenvalue weighted by atomic mass is 16.6. The normalized spacial score (nSPS) is 21.0. The Bertz CT molecular complexity index is 598. The number of anilines is 1. The second-order valence-electron chi connectivity index (χ2n) is 6.31. The molecule has 136 valence electrons. The molecule has 1 atom stereocenters. The number of benzene rings is 1. The van der Waals surface area contributed by atoms with E-state index in [9.17, 15) is 9.59 Å². The lowest BCUT2D eigenvalue weighted by molar-refractivity contribution is -0.158. The fourth-order valence-electron chi connectivity index (χ4n) is 3.13. The van der Waals surface area contributed by atoms with Crippen molar-refractivity contribution in [1.82, 2.24) is 4.90 Å². The third kappa shape index (κ3) is 4.63. The third-order valence-corrected chi connectivity index (χ3v) is 4.53. The molecular weight excluding hydrogens is 324 g/mol. The first kappa shape index (κ1) is 17.5. The van der Waals surface area contributed by atoms with E-state index in [1.54, 1.807) is 4.90 Å². The molecule has 3 rings (SSSR count). The van der Waals surface area contributed by atoms with E-state index in [1.807, 2.05) is 24.3 Å². The number of amides is 2. The zero-order valence-corrected chi connectivity index (χ0v) is 14.4. The second-order valence-corrected chi connectivity index (χ2v) is 6.31. The summed E-state index contributed by atoms with van der Waals surface area (Å²) in [6.45, 7) is 0.922. The van der Waals surface area contributed by atoms with Crippen LogP contribution in [0.2, 0.25) is 0 Å². The first-order chi connectivity index (χ1) is 12.2.